The number of benzene rings is 1. The molecule has 5 nitrogen and oxygen atoms in total. The summed E-state index contributed by atoms with van der Waals surface area (Å²) in [5, 5.41) is 9.85. The first-order valence-electron chi connectivity index (χ1n) is 8.38. The van der Waals surface area contributed by atoms with Crippen LogP contribution in [0.3, 0.4) is 0 Å². The number of aryl methyl sites for hydroxylation is 2. The highest BCUT2D eigenvalue weighted by Crippen LogP contribution is 2.25. The summed E-state index contributed by atoms with van der Waals surface area (Å²) < 4.78 is 0. The highest BCUT2D eigenvalue weighted by molar-refractivity contribution is 7.14. The molecule has 2 amide bonds. The zero-order valence-corrected chi connectivity index (χ0v) is 15.6. The van der Waals surface area contributed by atoms with Gasteiger partial charge in [-0.25, -0.2) is 4.98 Å². The Morgan fingerprint density at radius 2 is 1.96 bits per heavy atom. The molecule has 4 rings (SSSR count). The SMILES string of the molecule is O=C(Cc1csc(NC(=O)c2cccs2)n1)Nc1ccc2c(c1)CCC2. The molecule has 0 spiro atoms. The lowest BCUT2D eigenvalue weighted by atomic mass is 10.1. The summed E-state index contributed by atoms with van der Waals surface area (Å²) in [7, 11) is 0. The summed E-state index contributed by atoms with van der Waals surface area (Å²) >= 11 is 2.70. The van der Waals surface area contributed by atoms with Crippen molar-refractivity contribution in [2.24, 2.45) is 0 Å². The molecule has 7 heteroatoms. The third-order valence-electron chi connectivity index (χ3n) is 4.24. The van der Waals surface area contributed by atoms with Crippen LogP contribution in [0.15, 0.2) is 41.1 Å². The van der Waals surface area contributed by atoms with Gasteiger partial charge in [0, 0.05) is 11.1 Å². The van der Waals surface area contributed by atoms with Gasteiger partial charge < -0.3 is 5.32 Å². The lowest BCUT2D eigenvalue weighted by Gasteiger charge is -2.06. The molecule has 0 saturated carbocycles. The number of carbonyl (C=O) groups excluding carboxylic acids is 2. The molecule has 2 aromatic heterocycles. The van der Waals surface area contributed by atoms with Crippen LogP contribution in [-0.4, -0.2) is 16.8 Å². The largest absolute Gasteiger partial charge is 0.326 e. The molecule has 0 radical (unpaired) electrons. The number of carbonyl (C=O) groups is 2. The van der Waals surface area contributed by atoms with Gasteiger partial charge in [-0.05, 0) is 54.0 Å². The molecule has 0 aliphatic heterocycles. The van der Waals surface area contributed by atoms with Crippen molar-refractivity contribution in [2.75, 3.05) is 10.6 Å². The number of hydrogen-bond acceptors (Lipinski definition) is 5. The van der Waals surface area contributed by atoms with E-state index in [-0.39, 0.29) is 18.2 Å². The maximum absolute atomic E-state index is 12.3. The number of nitrogens with one attached hydrogen (secondary N) is 2. The van der Waals surface area contributed by atoms with Gasteiger partial charge in [-0.1, -0.05) is 12.1 Å². The van der Waals surface area contributed by atoms with Crippen LogP contribution in [0.2, 0.25) is 0 Å². The van der Waals surface area contributed by atoms with Crippen molar-refractivity contribution in [3.63, 3.8) is 0 Å². The van der Waals surface area contributed by atoms with Crippen molar-refractivity contribution in [3.05, 3.63) is 62.8 Å². The van der Waals surface area contributed by atoms with E-state index in [2.05, 4.69) is 27.8 Å². The molecule has 1 aromatic carbocycles. The summed E-state index contributed by atoms with van der Waals surface area (Å²) in [5.74, 6) is -0.284. The first kappa shape index (κ1) is 16.9. The number of anilines is 2. The van der Waals surface area contributed by atoms with E-state index in [0.29, 0.717) is 15.7 Å². The smallest absolute Gasteiger partial charge is 0.267 e. The van der Waals surface area contributed by atoms with Crippen LogP contribution in [0.4, 0.5) is 10.8 Å². The van der Waals surface area contributed by atoms with E-state index in [4.69, 9.17) is 0 Å². The van der Waals surface area contributed by atoms with Crippen molar-refractivity contribution in [3.8, 4) is 0 Å². The van der Waals surface area contributed by atoms with E-state index >= 15 is 0 Å². The molecule has 0 saturated heterocycles. The summed E-state index contributed by atoms with van der Waals surface area (Å²) in [6, 6.07) is 9.71. The van der Waals surface area contributed by atoms with Crippen LogP contribution in [0, 0.1) is 0 Å². The molecule has 1 aliphatic rings. The van der Waals surface area contributed by atoms with Crippen LogP contribution in [0.5, 0.6) is 0 Å². The molecule has 0 unspecified atom stereocenters. The predicted octanol–water partition coefficient (Wildman–Crippen LogP) is 4.13. The number of hydrogen-bond donors (Lipinski definition) is 2. The third-order valence-corrected chi connectivity index (χ3v) is 5.92. The minimum Gasteiger partial charge on any atom is -0.326 e. The Balaban J connectivity index is 1.35. The van der Waals surface area contributed by atoms with Gasteiger partial charge in [-0.15, -0.1) is 22.7 Å². The molecular weight excluding hydrogens is 366 g/mol. The lowest BCUT2D eigenvalue weighted by Crippen LogP contribution is -2.15. The van der Waals surface area contributed by atoms with E-state index in [1.54, 1.807) is 11.4 Å². The van der Waals surface area contributed by atoms with E-state index < -0.39 is 0 Å². The number of amides is 2. The zero-order valence-electron chi connectivity index (χ0n) is 14.0. The Morgan fingerprint density at radius 1 is 1.08 bits per heavy atom. The summed E-state index contributed by atoms with van der Waals surface area (Å²) in [6.45, 7) is 0. The molecule has 2 N–H and O–H groups in total. The van der Waals surface area contributed by atoms with Gasteiger partial charge in [0.1, 0.15) is 0 Å². The summed E-state index contributed by atoms with van der Waals surface area (Å²) in [5.41, 5.74) is 4.19. The van der Waals surface area contributed by atoms with Crippen LogP contribution in [0.1, 0.15) is 32.9 Å². The van der Waals surface area contributed by atoms with Crippen LogP contribution >= 0.6 is 22.7 Å². The molecule has 3 aromatic rings. The predicted molar refractivity (Wildman–Crippen MR) is 105 cm³/mol. The van der Waals surface area contributed by atoms with Crippen molar-refractivity contribution >= 4 is 45.3 Å². The van der Waals surface area contributed by atoms with E-state index in [1.807, 2.05) is 17.5 Å². The molecular formula is C19H17N3O2S2. The fourth-order valence-electron chi connectivity index (χ4n) is 3.03. The second-order valence-corrected chi connectivity index (χ2v) is 7.94. The Kier molecular flexibility index (Phi) is 4.81. The van der Waals surface area contributed by atoms with Crippen LogP contribution in [-0.2, 0) is 24.1 Å². The Labute approximate surface area is 159 Å². The van der Waals surface area contributed by atoms with Gasteiger partial charge in [0.05, 0.1) is 17.0 Å². The van der Waals surface area contributed by atoms with Crippen molar-refractivity contribution in [1.82, 2.24) is 4.98 Å². The maximum atomic E-state index is 12.3. The minimum absolute atomic E-state index is 0.107. The fraction of sp³-hybridized carbons (Fsp3) is 0.211. The Hall–Kier alpha value is -2.51. The molecule has 0 atom stereocenters. The maximum Gasteiger partial charge on any atom is 0.267 e. The fourth-order valence-corrected chi connectivity index (χ4v) is 4.36. The zero-order chi connectivity index (χ0) is 17.9. The van der Waals surface area contributed by atoms with Gasteiger partial charge >= 0.3 is 0 Å². The molecule has 1 aliphatic carbocycles. The second-order valence-electron chi connectivity index (χ2n) is 6.14. The van der Waals surface area contributed by atoms with Crippen LogP contribution < -0.4 is 10.6 Å². The number of fused-ring (bicyclic) bond motifs is 1. The van der Waals surface area contributed by atoms with Gasteiger partial charge in [0.2, 0.25) is 5.91 Å². The van der Waals surface area contributed by atoms with Crippen molar-refractivity contribution < 1.29 is 9.59 Å². The lowest BCUT2D eigenvalue weighted by molar-refractivity contribution is -0.115. The van der Waals surface area contributed by atoms with Crippen molar-refractivity contribution in [2.45, 2.75) is 25.7 Å². The average Bonchev–Trinajstić information content (AvgIpc) is 3.36. The topological polar surface area (TPSA) is 71.1 Å². The Bertz CT molecular complexity index is 948. The quantitative estimate of drug-likeness (QED) is 0.696. The normalized spacial score (nSPS) is 12.6. The highest BCUT2D eigenvalue weighted by Gasteiger charge is 2.14. The van der Waals surface area contributed by atoms with E-state index in [0.717, 1.165) is 18.5 Å². The molecule has 0 bridgehead atoms. The standard InChI is InChI=1S/C19H17N3O2S2/c23-17(20-14-7-6-12-3-1-4-13(12)9-14)10-15-11-26-19(21-15)22-18(24)16-5-2-8-25-16/h2,5-9,11H,1,3-4,10H2,(H,20,23)(H,21,22,24). The minimum atomic E-state index is -0.177. The number of thiophene rings is 1. The van der Waals surface area contributed by atoms with E-state index in [1.165, 1.54) is 40.2 Å². The third kappa shape index (κ3) is 3.84. The first-order chi connectivity index (χ1) is 12.7. The molecule has 26 heavy (non-hydrogen) atoms. The number of thiazole rings is 1. The number of rotatable bonds is 5. The highest BCUT2D eigenvalue weighted by atomic mass is 32.1. The summed E-state index contributed by atoms with van der Waals surface area (Å²) in [6.07, 6.45) is 3.58. The summed E-state index contributed by atoms with van der Waals surface area (Å²) in [4.78, 5) is 29.3. The van der Waals surface area contributed by atoms with Gasteiger partial charge in [0.15, 0.2) is 5.13 Å². The average molecular weight is 383 g/mol. The van der Waals surface area contributed by atoms with Crippen LogP contribution in [0.25, 0.3) is 0 Å². The Morgan fingerprint density at radius 3 is 2.81 bits per heavy atom. The molecule has 132 valence electrons. The number of aromatic nitrogens is 1. The molecule has 2 heterocycles. The monoisotopic (exact) mass is 383 g/mol. The molecule has 0 fully saturated rings. The van der Waals surface area contributed by atoms with E-state index in [9.17, 15) is 9.59 Å². The first-order valence-corrected chi connectivity index (χ1v) is 10.1. The van der Waals surface area contributed by atoms with Crippen molar-refractivity contribution in [1.29, 1.82) is 0 Å². The van der Waals surface area contributed by atoms with Gasteiger partial charge in [-0.2, -0.15) is 0 Å². The number of nitrogens with zero attached hydrogens (tertiary/aromatic N) is 1. The van der Waals surface area contributed by atoms with Gasteiger partial charge in [-0.3, -0.25) is 14.9 Å². The van der Waals surface area contributed by atoms with Gasteiger partial charge in [0.25, 0.3) is 5.91 Å². The second kappa shape index (κ2) is 7.39.